The third-order valence-electron chi connectivity index (χ3n) is 1.63. The van der Waals surface area contributed by atoms with Crippen molar-refractivity contribution >= 4 is 15.9 Å². The van der Waals surface area contributed by atoms with Gasteiger partial charge in [-0.3, -0.25) is 0 Å². The minimum atomic E-state index is -0.208. The van der Waals surface area contributed by atoms with E-state index in [4.69, 9.17) is 4.74 Å². The summed E-state index contributed by atoms with van der Waals surface area (Å²) < 4.78 is 18.0. The van der Waals surface area contributed by atoms with Crippen molar-refractivity contribution in [1.82, 2.24) is 0 Å². The Kier molecular flexibility index (Phi) is 3.09. The first-order valence-electron chi connectivity index (χ1n) is 3.62. The van der Waals surface area contributed by atoms with Gasteiger partial charge in [0.2, 0.25) is 0 Å². The lowest BCUT2D eigenvalue weighted by Gasteiger charge is -2.07. The zero-order chi connectivity index (χ0) is 9.14. The van der Waals surface area contributed by atoms with Gasteiger partial charge in [0.1, 0.15) is 11.6 Å². The molecule has 66 valence electrons. The molecule has 1 aromatic carbocycles. The second-order valence-corrected chi connectivity index (χ2v) is 3.88. The summed E-state index contributed by atoms with van der Waals surface area (Å²) in [6, 6.07) is 4.70. The topological polar surface area (TPSA) is 9.23 Å². The van der Waals surface area contributed by atoms with Crippen LogP contribution < -0.4 is 4.74 Å². The zero-order valence-electron chi connectivity index (χ0n) is 6.97. The highest BCUT2D eigenvalue weighted by Gasteiger charge is 2.08. The molecule has 0 aliphatic rings. The number of rotatable bonds is 2. The average Bonchev–Trinajstić information content (AvgIpc) is 2.05. The van der Waals surface area contributed by atoms with E-state index in [0.29, 0.717) is 11.3 Å². The molecule has 0 fully saturated rings. The van der Waals surface area contributed by atoms with Crippen LogP contribution in [-0.4, -0.2) is 7.11 Å². The summed E-state index contributed by atoms with van der Waals surface area (Å²) in [4.78, 5) is 0.00704. The molecule has 0 bridgehead atoms. The summed E-state index contributed by atoms with van der Waals surface area (Å²) in [5.74, 6) is 0.470. The number of ether oxygens (including phenoxy) is 1. The molecule has 1 nitrogen and oxygen atoms in total. The van der Waals surface area contributed by atoms with Crippen molar-refractivity contribution in [3.8, 4) is 5.75 Å². The predicted molar refractivity (Wildman–Crippen MR) is 50.3 cm³/mol. The minimum absolute atomic E-state index is 0.00704. The van der Waals surface area contributed by atoms with Crippen LogP contribution in [0.4, 0.5) is 4.39 Å². The lowest BCUT2D eigenvalue weighted by Crippen LogP contribution is -1.92. The molecule has 0 aliphatic carbocycles. The summed E-state index contributed by atoms with van der Waals surface area (Å²) >= 11 is 3.30. The smallest absolute Gasteiger partial charge is 0.127 e. The Hall–Kier alpha value is -0.570. The van der Waals surface area contributed by atoms with Gasteiger partial charge >= 0.3 is 0 Å². The van der Waals surface area contributed by atoms with E-state index in [2.05, 4.69) is 15.9 Å². The molecule has 1 rings (SSSR count). The van der Waals surface area contributed by atoms with Gasteiger partial charge in [-0.1, -0.05) is 15.9 Å². The highest BCUT2D eigenvalue weighted by Crippen LogP contribution is 2.27. The molecule has 1 unspecified atom stereocenters. The van der Waals surface area contributed by atoms with Gasteiger partial charge in [-0.15, -0.1) is 0 Å². The molecule has 0 heterocycles. The number of methoxy groups -OCH3 is 1. The molecular weight excluding hydrogens is 223 g/mol. The highest BCUT2D eigenvalue weighted by molar-refractivity contribution is 9.09. The third-order valence-corrected chi connectivity index (χ3v) is 2.12. The van der Waals surface area contributed by atoms with Gasteiger partial charge in [-0.2, -0.15) is 0 Å². The van der Waals surface area contributed by atoms with E-state index >= 15 is 0 Å². The number of benzene rings is 1. The fourth-order valence-electron chi connectivity index (χ4n) is 0.954. The van der Waals surface area contributed by atoms with E-state index in [0.717, 1.165) is 0 Å². The maximum atomic E-state index is 13.1. The van der Waals surface area contributed by atoms with Crippen LogP contribution in [0.1, 0.15) is 17.3 Å². The zero-order valence-corrected chi connectivity index (χ0v) is 8.56. The molecule has 0 aromatic heterocycles. The van der Waals surface area contributed by atoms with E-state index in [9.17, 15) is 4.39 Å². The standard InChI is InChI=1S/C9H10BrFO/c1-6(10)8-5-7(12-2)3-4-9(8)11/h3-6H,1-2H3. The summed E-state index contributed by atoms with van der Waals surface area (Å²) in [6.45, 7) is 1.87. The predicted octanol–water partition coefficient (Wildman–Crippen LogP) is 3.29. The molecule has 0 spiro atoms. The molecule has 0 amide bonds. The van der Waals surface area contributed by atoms with Crippen LogP contribution in [0.5, 0.6) is 5.75 Å². The highest BCUT2D eigenvalue weighted by atomic mass is 79.9. The van der Waals surface area contributed by atoms with E-state index in [1.54, 1.807) is 19.2 Å². The van der Waals surface area contributed by atoms with Gasteiger partial charge in [-0.25, -0.2) is 4.39 Å². The molecule has 0 radical (unpaired) electrons. The maximum absolute atomic E-state index is 13.1. The van der Waals surface area contributed by atoms with Crippen molar-refractivity contribution in [1.29, 1.82) is 0 Å². The Morgan fingerprint density at radius 1 is 1.50 bits per heavy atom. The number of hydrogen-bond donors (Lipinski definition) is 0. The first kappa shape index (κ1) is 9.52. The van der Waals surface area contributed by atoms with E-state index in [1.165, 1.54) is 6.07 Å². The lowest BCUT2D eigenvalue weighted by molar-refractivity contribution is 0.413. The maximum Gasteiger partial charge on any atom is 0.127 e. The fourth-order valence-corrected chi connectivity index (χ4v) is 1.30. The van der Waals surface area contributed by atoms with Crippen LogP contribution in [0.15, 0.2) is 18.2 Å². The van der Waals surface area contributed by atoms with Gasteiger partial charge in [0, 0.05) is 10.4 Å². The van der Waals surface area contributed by atoms with Gasteiger partial charge in [0.25, 0.3) is 0 Å². The van der Waals surface area contributed by atoms with Gasteiger partial charge in [0.15, 0.2) is 0 Å². The number of hydrogen-bond acceptors (Lipinski definition) is 1. The van der Waals surface area contributed by atoms with E-state index in [1.807, 2.05) is 6.92 Å². The van der Waals surface area contributed by atoms with Crippen molar-refractivity contribution in [2.24, 2.45) is 0 Å². The van der Waals surface area contributed by atoms with Crippen molar-refractivity contribution in [3.05, 3.63) is 29.6 Å². The Labute approximate surface area is 79.7 Å². The summed E-state index contributed by atoms with van der Waals surface area (Å²) in [5, 5.41) is 0. The Morgan fingerprint density at radius 2 is 2.17 bits per heavy atom. The fraction of sp³-hybridized carbons (Fsp3) is 0.333. The quantitative estimate of drug-likeness (QED) is 0.712. The first-order chi connectivity index (χ1) is 5.65. The van der Waals surface area contributed by atoms with Crippen molar-refractivity contribution < 1.29 is 9.13 Å². The van der Waals surface area contributed by atoms with Crippen molar-refractivity contribution in [2.45, 2.75) is 11.8 Å². The number of alkyl halides is 1. The molecule has 0 saturated heterocycles. The molecule has 0 saturated carbocycles. The van der Waals surface area contributed by atoms with Crippen LogP contribution in [0.25, 0.3) is 0 Å². The molecule has 12 heavy (non-hydrogen) atoms. The number of halogens is 2. The normalized spacial score (nSPS) is 12.7. The van der Waals surface area contributed by atoms with Crippen molar-refractivity contribution in [2.75, 3.05) is 7.11 Å². The molecule has 1 aromatic rings. The van der Waals surface area contributed by atoms with Crippen LogP contribution >= 0.6 is 15.9 Å². The largest absolute Gasteiger partial charge is 0.497 e. The van der Waals surface area contributed by atoms with E-state index < -0.39 is 0 Å². The van der Waals surface area contributed by atoms with Crippen LogP contribution in [0.2, 0.25) is 0 Å². The molecular formula is C9H10BrFO. The van der Waals surface area contributed by atoms with Gasteiger partial charge < -0.3 is 4.74 Å². The third kappa shape index (κ3) is 1.97. The average molecular weight is 233 g/mol. The Balaban J connectivity index is 3.08. The summed E-state index contributed by atoms with van der Waals surface area (Å²) in [7, 11) is 1.57. The monoisotopic (exact) mass is 232 g/mol. The second kappa shape index (κ2) is 3.90. The van der Waals surface area contributed by atoms with E-state index in [-0.39, 0.29) is 10.6 Å². The van der Waals surface area contributed by atoms with Gasteiger partial charge in [0.05, 0.1) is 7.11 Å². The van der Waals surface area contributed by atoms with Gasteiger partial charge in [-0.05, 0) is 25.1 Å². The molecule has 0 N–H and O–H groups in total. The Morgan fingerprint density at radius 3 is 2.67 bits per heavy atom. The molecule has 0 aliphatic heterocycles. The lowest BCUT2D eigenvalue weighted by atomic mass is 10.1. The minimum Gasteiger partial charge on any atom is -0.497 e. The Bertz CT molecular complexity index is 273. The molecule has 3 heteroatoms. The first-order valence-corrected chi connectivity index (χ1v) is 4.54. The second-order valence-electron chi connectivity index (χ2n) is 2.50. The summed E-state index contributed by atoms with van der Waals surface area (Å²) in [6.07, 6.45) is 0. The summed E-state index contributed by atoms with van der Waals surface area (Å²) in [5.41, 5.74) is 0.620. The SMILES string of the molecule is COc1ccc(F)c(C(C)Br)c1. The van der Waals surface area contributed by atoms with Crippen molar-refractivity contribution in [3.63, 3.8) is 0 Å². The molecule has 1 atom stereocenters. The van der Waals surface area contributed by atoms with Crippen LogP contribution in [0.3, 0.4) is 0 Å². The van der Waals surface area contributed by atoms with Crippen LogP contribution in [-0.2, 0) is 0 Å². The van der Waals surface area contributed by atoms with Crippen LogP contribution in [0, 0.1) is 5.82 Å².